The molecule has 1 aromatic carbocycles. The largest absolute Gasteiger partial charge is 0.507 e. The van der Waals surface area contributed by atoms with Crippen LogP contribution in [0.3, 0.4) is 0 Å². The molecule has 0 spiro atoms. The SMILES string of the molecule is CC(=O)c1cc(C)c2c(c1O)C[C@H](C)[C@@](O)(C[C@H](C)O)O2. The molecule has 5 nitrogen and oxygen atoms in total. The summed E-state index contributed by atoms with van der Waals surface area (Å²) in [5.74, 6) is -1.67. The molecule has 0 radical (unpaired) electrons. The second-order valence-electron chi connectivity index (χ2n) is 6.06. The number of carbonyl (C=O) groups excluding carboxylic acids is 1. The van der Waals surface area contributed by atoms with Gasteiger partial charge in [0.2, 0.25) is 5.79 Å². The molecule has 3 N–H and O–H groups in total. The maximum Gasteiger partial charge on any atom is 0.213 e. The van der Waals surface area contributed by atoms with E-state index in [0.29, 0.717) is 23.3 Å². The normalized spacial score (nSPS) is 25.9. The summed E-state index contributed by atoms with van der Waals surface area (Å²) in [6.07, 6.45) is -0.237. The molecule has 1 aromatic rings. The number of Topliss-reactive ketones (excluding diaryl/α,β-unsaturated/α-hetero) is 1. The summed E-state index contributed by atoms with van der Waals surface area (Å²) in [4.78, 5) is 11.6. The Bertz CT molecular complexity index is 579. The van der Waals surface area contributed by atoms with Crippen molar-refractivity contribution >= 4 is 5.78 Å². The van der Waals surface area contributed by atoms with E-state index < -0.39 is 11.9 Å². The van der Waals surface area contributed by atoms with Gasteiger partial charge in [0.1, 0.15) is 11.5 Å². The maximum absolute atomic E-state index is 11.6. The summed E-state index contributed by atoms with van der Waals surface area (Å²) in [5, 5.41) is 30.4. The van der Waals surface area contributed by atoms with E-state index in [1.807, 2.05) is 0 Å². The predicted octanol–water partition coefficient (Wildman–Crippen LogP) is 1.93. The van der Waals surface area contributed by atoms with E-state index in [1.165, 1.54) is 6.92 Å². The Morgan fingerprint density at radius 2 is 2.19 bits per heavy atom. The number of fused-ring (bicyclic) bond motifs is 1. The fourth-order valence-corrected chi connectivity index (χ4v) is 2.87. The first-order chi connectivity index (χ1) is 9.65. The van der Waals surface area contributed by atoms with Gasteiger partial charge in [0.25, 0.3) is 0 Å². The van der Waals surface area contributed by atoms with Crippen molar-refractivity contribution in [1.82, 2.24) is 0 Å². The van der Waals surface area contributed by atoms with Gasteiger partial charge in [-0.2, -0.15) is 0 Å². The Morgan fingerprint density at radius 1 is 1.57 bits per heavy atom. The van der Waals surface area contributed by atoms with E-state index in [2.05, 4.69) is 0 Å². The molecule has 21 heavy (non-hydrogen) atoms. The summed E-state index contributed by atoms with van der Waals surface area (Å²) in [6.45, 7) is 6.55. The van der Waals surface area contributed by atoms with Crippen molar-refractivity contribution in [3.8, 4) is 11.5 Å². The number of aromatic hydroxyl groups is 1. The van der Waals surface area contributed by atoms with Crippen molar-refractivity contribution in [2.24, 2.45) is 5.92 Å². The highest BCUT2D eigenvalue weighted by Crippen LogP contribution is 2.45. The number of rotatable bonds is 3. The Labute approximate surface area is 124 Å². The summed E-state index contributed by atoms with van der Waals surface area (Å²) in [6, 6.07) is 1.56. The van der Waals surface area contributed by atoms with Gasteiger partial charge in [-0.15, -0.1) is 0 Å². The average molecular weight is 294 g/mol. The number of phenols is 1. The van der Waals surface area contributed by atoms with Gasteiger partial charge >= 0.3 is 0 Å². The van der Waals surface area contributed by atoms with Crippen LogP contribution >= 0.6 is 0 Å². The molecule has 3 atom stereocenters. The molecule has 116 valence electrons. The van der Waals surface area contributed by atoms with Gasteiger partial charge in [0.05, 0.1) is 11.7 Å². The molecule has 1 aliphatic heterocycles. The predicted molar refractivity (Wildman–Crippen MR) is 77.6 cm³/mol. The number of hydrogen-bond acceptors (Lipinski definition) is 5. The lowest BCUT2D eigenvalue weighted by molar-refractivity contribution is -0.199. The van der Waals surface area contributed by atoms with Crippen molar-refractivity contribution in [3.05, 3.63) is 22.8 Å². The zero-order chi connectivity index (χ0) is 15.9. The van der Waals surface area contributed by atoms with Crippen molar-refractivity contribution in [3.63, 3.8) is 0 Å². The number of aryl methyl sites for hydroxylation is 1. The monoisotopic (exact) mass is 294 g/mol. The van der Waals surface area contributed by atoms with E-state index in [0.717, 1.165) is 0 Å². The first-order valence-electron chi connectivity index (χ1n) is 7.11. The molecule has 0 amide bonds. The van der Waals surface area contributed by atoms with Gasteiger partial charge < -0.3 is 20.1 Å². The number of aliphatic hydroxyl groups excluding tert-OH is 1. The number of ketones is 1. The van der Waals surface area contributed by atoms with Crippen LogP contribution in [0.15, 0.2) is 6.07 Å². The molecular weight excluding hydrogens is 272 g/mol. The molecule has 0 aliphatic carbocycles. The number of carbonyl (C=O) groups is 1. The van der Waals surface area contributed by atoms with Crippen molar-refractivity contribution in [2.75, 3.05) is 0 Å². The lowest BCUT2D eigenvalue weighted by Crippen LogP contribution is -2.48. The van der Waals surface area contributed by atoms with Gasteiger partial charge in [-0.3, -0.25) is 4.79 Å². The van der Waals surface area contributed by atoms with Crippen molar-refractivity contribution in [1.29, 1.82) is 0 Å². The minimum absolute atomic E-state index is 0.0750. The van der Waals surface area contributed by atoms with Crippen LogP contribution < -0.4 is 4.74 Å². The number of benzene rings is 1. The zero-order valence-electron chi connectivity index (χ0n) is 12.8. The van der Waals surface area contributed by atoms with Gasteiger partial charge in [0.15, 0.2) is 5.78 Å². The lowest BCUT2D eigenvalue weighted by atomic mass is 9.84. The fraction of sp³-hybridized carbons (Fsp3) is 0.562. The number of aliphatic hydroxyl groups is 2. The van der Waals surface area contributed by atoms with E-state index >= 15 is 0 Å². The van der Waals surface area contributed by atoms with Crippen LogP contribution in [0.5, 0.6) is 11.5 Å². The Balaban J connectivity index is 2.51. The van der Waals surface area contributed by atoms with E-state index in [4.69, 9.17) is 4.74 Å². The fourth-order valence-electron chi connectivity index (χ4n) is 2.87. The summed E-state index contributed by atoms with van der Waals surface area (Å²) >= 11 is 0. The molecular formula is C16H22O5. The van der Waals surface area contributed by atoms with E-state index in [9.17, 15) is 20.1 Å². The third kappa shape index (κ3) is 2.76. The van der Waals surface area contributed by atoms with Crippen LogP contribution in [-0.4, -0.2) is 33.0 Å². The van der Waals surface area contributed by atoms with Gasteiger partial charge in [-0.1, -0.05) is 6.92 Å². The Morgan fingerprint density at radius 3 is 2.71 bits per heavy atom. The number of hydrogen-bond donors (Lipinski definition) is 3. The van der Waals surface area contributed by atoms with Crippen LogP contribution in [0, 0.1) is 12.8 Å². The molecule has 0 saturated carbocycles. The third-order valence-corrected chi connectivity index (χ3v) is 4.06. The molecule has 0 fully saturated rings. The zero-order valence-corrected chi connectivity index (χ0v) is 12.8. The van der Waals surface area contributed by atoms with Crippen LogP contribution in [0.1, 0.15) is 48.7 Å². The highest BCUT2D eigenvalue weighted by molar-refractivity contribution is 5.97. The minimum atomic E-state index is -1.48. The first-order valence-corrected chi connectivity index (χ1v) is 7.11. The Hall–Kier alpha value is -1.59. The van der Waals surface area contributed by atoms with E-state index in [1.54, 1.807) is 26.8 Å². The van der Waals surface area contributed by atoms with Crippen molar-refractivity contribution in [2.45, 2.75) is 52.4 Å². The second kappa shape index (κ2) is 5.31. The lowest BCUT2D eigenvalue weighted by Gasteiger charge is -2.41. The van der Waals surface area contributed by atoms with Gasteiger partial charge in [0, 0.05) is 17.9 Å². The highest BCUT2D eigenvalue weighted by Gasteiger charge is 2.43. The third-order valence-electron chi connectivity index (χ3n) is 4.06. The standard InChI is InChI=1S/C16H22O5/c1-8-5-12(11(4)18)14(19)13-6-9(2)16(20,7-10(3)17)21-15(8)13/h5,9-10,17,19-20H,6-7H2,1-4H3/t9-,10-,16+/m0/s1. The second-order valence-corrected chi connectivity index (χ2v) is 6.06. The highest BCUT2D eigenvalue weighted by atomic mass is 16.6. The Kier molecular flexibility index (Phi) is 4.00. The molecule has 1 aliphatic rings. The van der Waals surface area contributed by atoms with Crippen molar-refractivity contribution < 1.29 is 24.9 Å². The molecule has 5 heteroatoms. The molecule has 0 aromatic heterocycles. The maximum atomic E-state index is 11.6. The summed E-state index contributed by atoms with van der Waals surface area (Å²) < 4.78 is 5.71. The summed E-state index contributed by atoms with van der Waals surface area (Å²) in [7, 11) is 0. The molecule has 0 unspecified atom stereocenters. The molecule has 1 heterocycles. The van der Waals surface area contributed by atoms with Gasteiger partial charge in [-0.05, 0) is 38.8 Å². The van der Waals surface area contributed by atoms with Crippen LogP contribution in [0.4, 0.5) is 0 Å². The average Bonchev–Trinajstić information content (AvgIpc) is 2.35. The van der Waals surface area contributed by atoms with E-state index in [-0.39, 0.29) is 29.4 Å². The molecule has 0 bridgehead atoms. The van der Waals surface area contributed by atoms with Crippen LogP contribution in [0.25, 0.3) is 0 Å². The van der Waals surface area contributed by atoms with Gasteiger partial charge in [-0.25, -0.2) is 0 Å². The topological polar surface area (TPSA) is 87.0 Å². The molecule has 2 rings (SSSR count). The smallest absolute Gasteiger partial charge is 0.213 e. The van der Waals surface area contributed by atoms with Crippen LogP contribution in [0.2, 0.25) is 0 Å². The van der Waals surface area contributed by atoms with Crippen LogP contribution in [-0.2, 0) is 6.42 Å². The number of ether oxygens (including phenoxy) is 1. The molecule has 0 saturated heterocycles. The summed E-state index contributed by atoms with van der Waals surface area (Å²) in [5.41, 5.74) is 1.50. The minimum Gasteiger partial charge on any atom is -0.507 e. The first kappa shape index (κ1) is 15.8. The quantitative estimate of drug-likeness (QED) is 0.742. The number of phenolic OH excluding ortho intramolecular Hbond substituents is 1.